The Balaban J connectivity index is 3.55. The van der Waals surface area contributed by atoms with Gasteiger partial charge in [-0.2, -0.15) is 0 Å². The molecule has 18 heavy (non-hydrogen) atoms. The minimum absolute atomic E-state index is 0.253. The van der Waals surface area contributed by atoms with Crippen LogP contribution in [0.15, 0.2) is 0 Å². The number of rotatable bonds is 13. The number of hydrogen-bond acceptors (Lipinski definition) is 2. The SMILES string of the molecule is CCCCC(C[Te][Te]CC(CCCC)OC)OC. The Morgan fingerprint density at radius 3 is 1.44 bits per heavy atom. The van der Waals surface area contributed by atoms with Gasteiger partial charge < -0.3 is 0 Å². The van der Waals surface area contributed by atoms with Crippen LogP contribution in [0.2, 0.25) is 8.94 Å². The predicted octanol–water partition coefficient (Wildman–Crippen LogP) is 3.56. The van der Waals surface area contributed by atoms with Gasteiger partial charge >= 0.3 is 131 Å². The van der Waals surface area contributed by atoms with E-state index in [9.17, 15) is 0 Å². The topological polar surface area (TPSA) is 18.5 Å². The maximum absolute atomic E-state index is 5.57. The van der Waals surface area contributed by atoms with Crippen LogP contribution in [0, 0.1) is 0 Å². The average Bonchev–Trinajstić information content (AvgIpc) is 2.41. The Kier molecular flexibility index (Phi) is 16.1. The Morgan fingerprint density at radius 2 is 1.17 bits per heavy atom. The Hall–Kier alpha value is 1.50. The van der Waals surface area contributed by atoms with E-state index in [0.717, 1.165) is 0 Å². The quantitative estimate of drug-likeness (QED) is 0.294. The molecule has 0 bridgehead atoms. The summed E-state index contributed by atoms with van der Waals surface area (Å²) in [5.74, 6) is 0. The number of hydrogen-bond donors (Lipinski definition) is 0. The first kappa shape index (κ1) is 19.5. The van der Waals surface area contributed by atoms with E-state index in [-0.39, 0.29) is 34.1 Å². The first-order valence-electron chi connectivity index (χ1n) is 7.08. The Morgan fingerprint density at radius 1 is 0.778 bits per heavy atom. The number of ether oxygens (including phenoxy) is 2. The number of unbranched alkanes of at least 4 members (excludes halogenated alkanes) is 2. The van der Waals surface area contributed by atoms with Crippen LogP contribution in [-0.2, 0) is 9.47 Å². The van der Waals surface area contributed by atoms with Gasteiger partial charge in [0.05, 0.1) is 0 Å². The van der Waals surface area contributed by atoms with E-state index in [4.69, 9.17) is 9.47 Å². The molecule has 0 aliphatic rings. The Labute approximate surface area is 130 Å². The third kappa shape index (κ3) is 11.3. The summed E-state index contributed by atoms with van der Waals surface area (Å²) in [6, 6.07) is 0. The van der Waals surface area contributed by atoms with Crippen molar-refractivity contribution >= 4 is 34.1 Å². The van der Waals surface area contributed by atoms with Crippen molar-refractivity contribution in [3.8, 4) is 0 Å². The van der Waals surface area contributed by atoms with Crippen molar-refractivity contribution < 1.29 is 9.47 Å². The van der Waals surface area contributed by atoms with Crippen molar-refractivity contribution in [2.24, 2.45) is 0 Å². The molecule has 0 aromatic rings. The molecule has 0 radical (unpaired) electrons. The van der Waals surface area contributed by atoms with Crippen LogP contribution < -0.4 is 0 Å². The summed E-state index contributed by atoms with van der Waals surface area (Å²) in [6.45, 7) is 4.52. The van der Waals surface area contributed by atoms with E-state index in [1.165, 1.54) is 47.5 Å². The molecule has 0 rings (SSSR count). The molecule has 4 heteroatoms. The maximum atomic E-state index is 5.57. The van der Waals surface area contributed by atoms with Gasteiger partial charge in [0, 0.05) is 0 Å². The first-order valence-corrected chi connectivity index (χ1v) is 17.7. The minimum atomic E-state index is 0.253. The van der Waals surface area contributed by atoms with Crippen molar-refractivity contribution in [1.82, 2.24) is 0 Å². The molecule has 2 unspecified atom stereocenters. The molecule has 0 fully saturated rings. The fraction of sp³-hybridized carbons (Fsp3) is 1.00. The zero-order valence-electron chi connectivity index (χ0n) is 12.4. The summed E-state index contributed by atoms with van der Waals surface area (Å²) in [6.07, 6.45) is 8.90. The van der Waals surface area contributed by atoms with Crippen LogP contribution in [0.25, 0.3) is 0 Å². The van der Waals surface area contributed by atoms with E-state index in [1.54, 1.807) is 0 Å². The first-order chi connectivity index (χ1) is 8.78. The van der Waals surface area contributed by atoms with Gasteiger partial charge in [-0.05, 0) is 0 Å². The van der Waals surface area contributed by atoms with E-state index < -0.39 is 0 Å². The standard InChI is InChI=1S/C14H30O2Te2/c1-5-7-9-13(15-3)11-17-18-12-14(16-4)10-8-6-2/h13-14H,5-12H2,1-4H3. The normalized spacial score (nSPS) is 14.7. The molecule has 0 amide bonds. The second-order valence-electron chi connectivity index (χ2n) is 4.57. The van der Waals surface area contributed by atoms with Crippen LogP contribution in [0.1, 0.15) is 52.4 Å². The van der Waals surface area contributed by atoms with E-state index in [2.05, 4.69) is 13.8 Å². The van der Waals surface area contributed by atoms with E-state index >= 15 is 0 Å². The van der Waals surface area contributed by atoms with Crippen molar-refractivity contribution in [3.63, 3.8) is 0 Å². The monoisotopic (exact) mass is 490 g/mol. The second kappa shape index (κ2) is 14.9. The van der Waals surface area contributed by atoms with E-state index in [1.807, 2.05) is 14.2 Å². The molecule has 0 heterocycles. The third-order valence-corrected chi connectivity index (χ3v) is 14.8. The predicted molar refractivity (Wildman–Crippen MR) is 81.8 cm³/mol. The molecule has 0 aromatic heterocycles. The molecule has 0 saturated carbocycles. The van der Waals surface area contributed by atoms with Gasteiger partial charge in [-0.1, -0.05) is 0 Å². The molecule has 0 aromatic carbocycles. The van der Waals surface area contributed by atoms with Crippen LogP contribution in [0.4, 0.5) is 0 Å². The molecule has 110 valence electrons. The van der Waals surface area contributed by atoms with Gasteiger partial charge in [-0.3, -0.25) is 0 Å². The Bertz CT molecular complexity index is 150. The van der Waals surface area contributed by atoms with Crippen LogP contribution in [0.5, 0.6) is 0 Å². The summed E-state index contributed by atoms with van der Waals surface area (Å²) >= 11 is 0.506. The van der Waals surface area contributed by atoms with Gasteiger partial charge in [0.25, 0.3) is 0 Å². The molecular formula is C14H30O2Te2. The average molecular weight is 486 g/mol. The fourth-order valence-electron chi connectivity index (χ4n) is 1.65. The van der Waals surface area contributed by atoms with Gasteiger partial charge in [-0.15, -0.1) is 0 Å². The molecule has 0 spiro atoms. The van der Waals surface area contributed by atoms with Crippen LogP contribution >= 0.6 is 0 Å². The molecule has 2 atom stereocenters. The van der Waals surface area contributed by atoms with Gasteiger partial charge in [0.1, 0.15) is 0 Å². The molecule has 0 N–H and O–H groups in total. The van der Waals surface area contributed by atoms with Crippen molar-refractivity contribution in [2.75, 3.05) is 14.2 Å². The molecule has 0 aliphatic heterocycles. The van der Waals surface area contributed by atoms with Crippen molar-refractivity contribution in [2.45, 2.75) is 73.5 Å². The van der Waals surface area contributed by atoms with Gasteiger partial charge in [0.15, 0.2) is 0 Å². The van der Waals surface area contributed by atoms with Crippen molar-refractivity contribution in [3.05, 3.63) is 0 Å². The molecule has 2 nitrogen and oxygen atoms in total. The summed E-state index contributed by atoms with van der Waals surface area (Å²) < 4.78 is 13.9. The van der Waals surface area contributed by atoms with Crippen LogP contribution in [-0.4, -0.2) is 60.5 Å². The van der Waals surface area contributed by atoms with E-state index in [0.29, 0.717) is 12.2 Å². The summed E-state index contributed by atoms with van der Waals surface area (Å²) in [7, 11) is 3.76. The van der Waals surface area contributed by atoms with Crippen molar-refractivity contribution in [1.29, 1.82) is 0 Å². The molecule has 0 aliphatic carbocycles. The second-order valence-corrected chi connectivity index (χ2v) is 16.8. The molecular weight excluding hydrogens is 455 g/mol. The number of methoxy groups -OCH3 is 2. The summed E-state index contributed by atoms with van der Waals surface area (Å²) in [5, 5.41) is 0. The summed E-state index contributed by atoms with van der Waals surface area (Å²) in [5.41, 5.74) is 0. The zero-order chi connectivity index (χ0) is 13.6. The zero-order valence-corrected chi connectivity index (χ0v) is 17.1. The molecule has 0 saturated heterocycles. The van der Waals surface area contributed by atoms with Gasteiger partial charge in [0.2, 0.25) is 0 Å². The van der Waals surface area contributed by atoms with Crippen LogP contribution in [0.3, 0.4) is 0 Å². The van der Waals surface area contributed by atoms with Gasteiger partial charge in [-0.25, -0.2) is 0 Å². The third-order valence-electron chi connectivity index (χ3n) is 3.02. The fourth-order valence-corrected chi connectivity index (χ4v) is 14.3. The summed E-state index contributed by atoms with van der Waals surface area (Å²) in [4.78, 5) is 0.